The molecule has 1 amide bonds. The van der Waals surface area contributed by atoms with Gasteiger partial charge in [-0.25, -0.2) is 4.79 Å². The molecule has 0 aromatic heterocycles. The van der Waals surface area contributed by atoms with Crippen molar-refractivity contribution in [2.45, 2.75) is 38.5 Å². The summed E-state index contributed by atoms with van der Waals surface area (Å²) in [6, 6.07) is -1.01. The summed E-state index contributed by atoms with van der Waals surface area (Å²) in [6.45, 7) is 4.88. The van der Waals surface area contributed by atoms with Crippen molar-refractivity contribution in [1.29, 1.82) is 0 Å². The van der Waals surface area contributed by atoms with Crippen molar-refractivity contribution in [2.24, 2.45) is 0 Å². The highest BCUT2D eigenvalue weighted by molar-refractivity contribution is 5.87. The summed E-state index contributed by atoms with van der Waals surface area (Å²) in [4.78, 5) is 23.3. The Balaban J connectivity index is 0.00000289. The second-order valence-corrected chi connectivity index (χ2v) is 4.00. The molecule has 1 rings (SSSR count). The molecule has 1 fully saturated rings. The minimum Gasteiger partial charge on any atom is -0.467 e. The molecule has 2 N–H and O–H groups in total. The summed E-state index contributed by atoms with van der Waals surface area (Å²) in [5, 5.41) is 5.73. The summed E-state index contributed by atoms with van der Waals surface area (Å²) in [5.41, 5.74) is 0. The monoisotopic (exact) mass is 280 g/mol. The van der Waals surface area contributed by atoms with Crippen molar-refractivity contribution in [3.05, 3.63) is 0 Å². The Bertz CT molecular complexity index is 288. The number of nitrogens with one attached hydrogen (secondary N) is 2. The van der Waals surface area contributed by atoms with Crippen molar-refractivity contribution < 1.29 is 19.1 Å². The first-order chi connectivity index (χ1) is 8.10. The van der Waals surface area contributed by atoms with E-state index in [4.69, 9.17) is 4.74 Å². The normalized spacial score (nSPS) is 24.6. The molecule has 1 saturated heterocycles. The molecule has 1 unspecified atom stereocenters. The molecule has 0 aromatic carbocycles. The van der Waals surface area contributed by atoms with E-state index in [1.54, 1.807) is 0 Å². The van der Waals surface area contributed by atoms with E-state index < -0.39 is 18.1 Å². The number of halogens is 1. The molecule has 0 saturated carbocycles. The van der Waals surface area contributed by atoms with Crippen molar-refractivity contribution >= 4 is 24.3 Å². The number of morpholine rings is 1. The Morgan fingerprint density at radius 1 is 1.56 bits per heavy atom. The highest BCUT2D eigenvalue weighted by atomic mass is 35.5. The van der Waals surface area contributed by atoms with E-state index in [1.807, 2.05) is 13.8 Å². The van der Waals surface area contributed by atoms with Gasteiger partial charge >= 0.3 is 5.97 Å². The van der Waals surface area contributed by atoms with Crippen molar-refractivity contribution in [3.63, 3.8) is 0 Å². The molecule has 0 aromatic rings. The minimum atomic E-state index is -0.594. The van der Waals surface area contributed by atoms with Gasteiger partial charge in [0.2, 0.25) is 5.91 Å². The van der Waals surface area contributed by atoms with Gasteiger partial charge in [-0.2, -0.15) is 0 Å². The van der Waals surface area contributed by atoms with Gasteiger partial charge in [0, 0.05) is 6.54 Å². The summed E-state index contributed by atoms with van der Waals surface area (Å²) in [5.74, 6) is -0.653. The Morgan fingerprint density at radius 2 is 2.22 bits per heavy atom. The number of rotatable bonds is 4. The third-order valence-corrected chi connectivity index (χ3v) is 2.81. The van der Waals surface area contributed by atoms with E-state index in [0.29, 0.717) is 19.6 Å². The van der Waals surface area contributed by atoms with Gasteiger partial charge in [-0.05, 0) is 13.3 Å². The Kier molecular flexibility index (Phi) is 7.90. The second kappa shape index (κ2) is 8.29. The van der Waals surface area contributed by atoms with E-state index >= 15 is 0 Å². The zero-order valence-corrected chi connectivity index (χ0v) is 11.7. The summed E-state index contributed by atoms with van der Waals surface area (Å²) in [7, 11) is 1.31. The van der Waals surface area contributed by atoms with Gasteiger partial charge in [0.05, 0.1) is 19.8 Å². The van der Waals surface area contributed by atoms with E-state index in [-0.39, 0.29) is 24.4 Å². The van der Waals surface area contributed by atoms with Crippen molar-refractivity contribution in [3.8, 4) is 0 Å². The molecule has 3 atom stereocenters. The smallest absolute Gasteiger partial charge is 0.328 e. The summed E-state index contributed by atoms with van der Waals surface area (Å²) < 4.78 is 9.99. The molecule has 1 aliphatic heterocycles. The van der Waals surface area contributed by atoms with Crippen molar-refractivity contribution in [1.82, 2.24) is 10.6 Å². The van der Waals surface area contributed by atoms with Crippen LogP contribution in [0.1, 0.15) is 20.3 Å². The average molecular weight is 281 g/mol. The fraction of sp³-hybridized carbons (Fsp3) is 0.818. The van der Waals surface area contributed by atoms with Crippen LogP contribution < -0.4 is 10.6 Å². The van der Waals surface area contributed by atoms with Crippen LogP contribution in [-0.4, -0.2) is 50.3 Å². The fourth-order valence-electron chi connectivity index (χ4n) is 1.76. The predicted molar refractivity (Wildman–Crippen MR) is 68.7 cm³/mol. The maximum Gasteiger partial charge on any atom is 0.328 e. The number of hydrogen-bond donors (Lipinski definition) is 2. The maximum atomic E-state index is 11.9. The number of esters is 1. The molecule has 1 aliphatic rings. The number of amides is 1. The highest BCUT2D eigenvalue weighted by Crippen LogP contribution is 2.05. The molecule has 0 radical (unpaired) electrons. The van der Waals surface area contributed by atoms with Gasteiger partial charge in [0.25, 0.3) is 0 Å². The fourth-order valence-corrected chi connectivity index (χ4v) is 1.76. The zero-order chi connectivity index (χ0) is 12.8. The van der Waals surface area contributed by atoms with Crippen LogP contribution in [0.2, 0.25) is 0 Å². The number of hydrogen-bond acceptors (Lipinski definition) is 5. The third kappa shape index (κ3) is 4.44. The molecule has 7 heteroatoms. The predicted octanol–water partition coefficient (Wildman–Crippen LogP) is -0.147. The van der Waals surface area contributed by atoms with Crippen LogP contribution in [0.4, 0.5) is 0 Å². The molecule has 18 heavy (non-hydrogen) atoms. The minimum absolute atomic E-state index is 0. The Morgan fingerprint density at radius 3 is 2.72 bits per heavy atom. The lowest BCUT2D eigenvalue weighted by atomic mass is 10.1. The molecule has 0 spiro atoms. The lowest BCUT2D eigenvalue weighted by Gasteiger charge is -2.30. The molecule has 1 heterocycles. The lowest BCUT2D eigenvalue weighted by Crippen LogP contribution is -2.58. The average Bonchev–Trinajstić information content (AvgIpc) is 2.35. The first-order valence-corrected chi connectivity index (χ1v) is 5.83. The second-order valence-electron chi connectivity index (χ2n) is 4.00. The topological polar surface area (TPSA) is 76.7 Å². The van der Waals surface area contributed by atoms with Gasteiger partial charge in [0.1, 0.15) is 12.1 Å². The first-order valence-electron chi connectivity index (χ1n) is 5.83. The number of carbonyl (C=O) groups is 2. The van der Waals surface area contributed by atoms with E-state index in [2.05, 4.69) is 15.4 Å². The largest absolute Gasteiger partial charge is 0.467 e. The Hall–Kier alpha value is -0.850. The quantitative estimate of drug-likeness (QED) is 0.701. The van der Waals surface area contributed by atoms with Gasteiger partial charge in [0.15, 0.2) is 0 Å². The standard InChI is InChI=1S/C11H20N2O4.ClH/c1-4-8(11(15)16-3)13-10(14)9-7(2)17-6-5-12-9;/h7-9,12H,4-6H2,1-3H3,(H,13,14);1H/t7-,8?,9+;/m1./s1. The van der Waals surface area contributed by atoms with Crippen LogP contribution in [0.25, 0.3) is 0 Å². The van der Waals surface area contributed by atoms with Gasteiger partial charge in [-0.1, -0.05) is 6.92 Å². The molecular formula is C11H21ClN2O4. The number of methoxy groups -OCH3 is 1. The maximum absolute atomic E-state index is 11.9. The molecule has 6 nitrogen and oxygen atoms in total. The third-order valence-electron chi connectivity index (χ3n) is 2.81. The summed E-state index contributed by atoms with van der Waals surface area (Å²) >= 11 is 0. The van der Waals surface area contributed by atoms with E-state index in [9.17, 15) is 9.59 Å². The van der Waals surface area contributed by atoms with Gasteiger partial charge < -0.3 is 20.1 Å². The van der Waals surface area contributed by atoms with Crippen LogP contribution in [0.15, 0.2) is 0 Å². The molecule has 0 aliphatic carbocycles. The van der Waals surface area contributed by atoms with E-state index in [0.717, 1.165) is 0 Å². The van der Waals surface area contributed by atoms with Crippen LogP contribution in [0, 0.1) is 0 Å². The number of ether oxygens (including phenoxy) is 2. The van der Waals surface area contributed by atoms with Gasteiger partial charge in [-0.15, -0.1) is 12.4 Å². The highest BCUT2D eigenvalue weighted by Gasteiger charge is 2.30. The molecular weight excluding hydrogens is 260 g/mol. The van der Waals surface area contributed by atoms with Crippen LogP contribution >= 0.6 is 12.4 Å². The SMILES string of the molecule is CCC(NC(=O)[C@H]1NCCO[C@@H]1C)C(=O)OC.Cl. The summed E-state index contributed by atoms with van der Waals surface area (Å²) in [6.07, 6.45) is 0.305. The number of carbonyl (C=O) groups excluding carboxylic acids is 2. The molecule has 106 valence electrons. The first kappa shape index (κ1) is 17.2. The van der Waals surface area contributed by atoms with Crippen molar-refractivity contribution in [2.75, 3.05) is 20.3 Å². The van der Waals surface area contributed by atoms with Crippen LogP contribution in [0.3, 0.4) is 0 Å². The van der Waals surface area contributed by atoms with Gasteiger partial charge in [-0.3, -0.25) is 4.79 Å². The van der Waals surface area contributed by atoms with Crippen LogP contribution in [0.5, 0.6) is 0 Å². The Labute approximate surface area is 113 Å². The van der Waals surface area contributed by atoms with E-state index in [1.165, 1.54) is 7.11 Å². The lowest BCUT2D eigenvalue weighted by molar-refractivity contribution is -0.146. The van der Waals surface area contributed by atoms with Crippen LogP contribution in [-0.2, 0) is 19.1 Å². The zero-order valence-electron chi connectivity index (χ0n) is 10.9. The molecule has 0 bridgehead atoms.